The summed E-state index contributed by atoms with van der Waals surface area (Å²) in [5.41, 5.74) is 2.90. The van der Waals surface area contributed by atoms with Gasteiger partial charge in [0, 0.05) is 6.54 Å². The van der Waals surface area contributed by atoms with Gasteiger partial charge in [-0.05, 0) is 50.5 Å². The average Bonchev–Trinajstić information content (AvgIpc) is 2.18. The fourth-order valence-corrected chi connectivity index (χ4v) is 2.96. The Morgan fingerprint density at radius 2 is 1.88 bits per heavy atom. The first-order valence-electron chi connectivity index (χ1n) is 6.62. The minimum Gasteiger partial charge on any atom is -0.244 e. The van der Waals surface area contributed by atoms with Crippen molar-refractivity contribution in [3.63, 3.8) is 0 Å². The van der Waals surface area contributed by atoms with Crippen LogP contribution in [-0.2, 0) is 0 Å². The third-order valence-electron chi connectivity index (χ3n) is 3.32. The van der Waals surface area contributed by atoms with Gasteiger partial charge in [0.1, 0.15) is 0 Å². The van der Waals surface area contributed by atoms with Crippen molar-refractivity contribution in [3.05, 3.63) is 11.6 Å². The molecule has 0 saturated carbocycles. The molecule has 0 unspecified atom stereocenters. The Labute approximate surface area is 103 Å². The number of nitrogens with zero attached hydrogens (tertiary/aromatic N) is 1. The molecule has 0 bridgehead atoms. The van der Waals surface area contributed by atoms with Gasteiger partial charge in [0.05, 0.1) is 17.8 Å². The van der Waals surface area contributed by atoms with Crippen molar-refractivity contribution in [1.82, 2.24) is 4.72 Å². The highest BCUT2D eigenvalue weighted by atomic mass is 32.2. The van der Waals surface area contributed by atoms with Gasteiger partial charge in [-0.3, -0.25) is 0 Å². The van der Waals surface area contributed by atoms with Crippen LogP contribution < -0.4 is 4.72 Å². The largest absolute Gasteiger partial charge is 0.244 e. The molecule has 0 spiro atoms. The quantitative estimate of drug-likeness (QED) is 0.697. The van der Waals surface area contributed by atoms with Crippen LogP contribution in [0.5, 0.6) is 0 Å². The summed E-state index contributed by atoms with van der Waals surface area (Å²) in [5.74, 6) is 0. The van der Waals surface area contributed by atoms with Gasteiger partial charge in [0.25, 0.3) is 0 Å². The third kappa shape index (κ3) is 3.95. The SMILES string of the molecule is C1=C(C2=NSNCCCC2)CCCCCC1. The molecule has 16 heavy (non-hydrogen) atoms. The van der Waals surface area contributed by atoms with E-state index in [4.69, 9.17) is 0 Å². The third-order valence-corrected chi connectivity index (χ3v) is 3.97. The second kappa shape index (κ2) is 7.13. The lowest BCUT2D eigenvalue weighted by atomic mass is 9.94. The van der Waals surface area contributed by atoms with Crippen molar-refractivity contribution in [3.8, 4) is 0 Å². The molecule has 1 aliphatic carbocycles. The molecule has 0 aromatic carbocycles. The van der Waals surface area contributed by atoms with Crippen LogP contribution in [0, 0.1) is 0 Å². The number of hydrogen-bond donors (Lipinski definition) is 1. The maximum absolute atomic E-state index is 4.63. The van der Waals surface area contributed by atoms with Crippen LogP contribution in [0.1, 0.15) is 57.8 Å². The summed E-state index contributed by atoms with van der Waals surface area (Å²) in [7, 11) is 0. The van der Waals surface area contributed by atoms with Gasteiger partial charge in [-0.15, -0.1) is 0 Å². The molecule has 1 aliphatic heterocycles. The Kier molecular flexibility index (Phi) is 5.43. The van der Waals surface area contributed by atoms with Crippen LogP contribution >= 0.6 is 12.1 Å². The molecule has 90 valence electrons. The number of nitrogens with one attached hydrogen (secondary N) is 1. The maximum atomic E-state index is 4.63. The Morgan fingerprint density at radius 3 is 2.88 bits per heavy atom. The summed E-state index contributed by atoms with van der Waals surface area (Å²) in [4.78, 5) is 0. The number of hydrogen-bond acceptors (Lipinski definition) is 3. The van der Waals surface area contributed by atoms with E-state index < -0.39 is 0 Å². The molecule has 2 aliphatic rings. The van der Waals surface area contributed by atoms with Crippen molar-refractivity contribution < 1.29 is 0 Å². The van der Waals surface area contributed by atoms with Crippen molar-refractivity contribution in [2.75, 3.05) is 6.54 Å². The van der Waals surface area contributed by atoms with Crippen LogP contribution in [-0.4, -0.2) is 12.3 Å². The molecule has 0 aromatic heterocycles. The first-order chi connectivity index (χ1) is 7.97. The van der Waals surface area contributed by atoms with E-state index in [9.17, 15) is 0 Å². The predicted octanol–water partition coefficient (Wildman–Crippen LogP) is 4.04. The molecule has 0 radical (unpaired) electrons. The molecule has 2 rings (SSSR count). The second-order valence-electron chi connectivity index (χ2n) is 4.66. The zero-order chi connectivity index (χ0) is 11.1. The predicted molar refractivity (Wildman–Crippen MR) is 72.7 cm³/mol. The van der Waals surface area contributed by atoms with Crippen molar-refractivity contribution in [2.45, 2.75) is 57.8 Å². The van der Waals surface area contributed by atoms with E-state index >= 15 is 0 Å². The zero-order valence-electron chi connectivity index (χ0n) is 10.0. The van der Waals surface area contributed by atoms with Crippen molar-refractivity contribution in [2.24, 2.45) is 4.40 Å². The lowest BCUT2D eigenvalue weighted by Gasteiger charge is -2.15. The van der Waals surface area contributed by atoms with Gasteiger partial charge in [-0.1, -0.05) is 18.9 Å². The molecule has 0 aromatic rings. The molecule has 0 fully saturated rings. The molecule has 3 heteroatoms. The highest BCUT2D eigenvalue weighted by Crippen LogP contribution is 2.22. The standard InChI is InChI=1S/C13H22N2S/c1-2-4-8-12(9-5-3-1)13-10-6-7-11-14-16-15-13/h8,14H,1-7,9-11H2. The highest BCUT2D eigenvalue weighted by Gasteiger charge is 2.10. The van der Waals surface area contributed by atoms with E-state index in [1.54, 1.807) is 0 Å². The average molecular weight is 238 g/mol. The normalized spacial score (nSPS) is 24.5. The first kappa shape index (κ1) is 12.2. The molecule has 1 heterocycles. The summed E-state index contributed by atoms with van der Waals surface area (Å²) in [6.45, 7) is 1.10. The summed E-state index contributed by atoms with van der Waals surface area (Å²) < 4.78 is 7.92. The van der Waals surface area contributed by atoms with Gasteiger partial charge >= 0.3 is 0 Å². The minimum atomic E-state index is 1.10. The van der Waals surface area contributed by atoms with E-state index in [1.807, 2.05) is 0 Å². The fraction of sp³-hybridized carbons (Fsp3) is 0.769. The lowest BCUT2D eigenvalue weighted by molar-refractivity contribution is 0.630. The van der Waals surface area contributed by atoms with E-state index in [0.717, 1.165) is 6.54 Å². The monoisotopic (exact) mass is 238 g/mol. The molecular formula is C13H22N2S. The van der Waals surface area contributed by atoms with Gasteiger partial charge in [-0.2, -0.15) is 0 Å². The molecule has 0 atom stereocenters. The van der Waals surface area contributed by atoms with Crippen LogP contribution in [0.4, 0.5) is 0 Å². The Bertz CT molecular complexity index is 243. The Hall–Kier alpha value is -0.280. The van der Waals surface area contributed by atoms with Gasteiger partial charge in [-0.25, -0.2) is 9.12 Å². The lowest BCUT2D eigenvalue weighted by Crippen LogP contribution is -2.12. The summed E-state index contributed by atoms with van der Waals surface area (Å²) in [6, 6.07) is 0. The van der Waals surface area contributed by atoms with Crippen LogP contribution in [0.3, 0.4) is 0 Å². The van der Waals surface area contributed by atoms with Crippen LogP contribution in [0.25, 0.3) is 0 Å². The molecule has 0 amide bonds. The Morgan fingerprint density at radius 1 is 1.00 bits per heavy atom. The van der Waals surface area contributed by atoms with E-state index in [2.05, 4.69) is 15.2 Å². The first-order valence-corrected chi connectivity index (χ1v) is 7.39. The van der Waals surface area contributed by atoms with E-state index in [1.165, 1.54) is 81.2 Å². The fourth-order valence-electron chi connectivity index (χ4n) is 2.34. The maximum Gasteiger partial charge on any atom is 0.0588 e. The van der Waals surface area contributed by atoms with Gasteiger partial charge in [0.15, 0.2) is 0 Å². The zero-order valence-corrected chi connectivity index (χ0v) is 10.8. The summed E-state index contributed by atoms with van der Waals surface area (Å²) >= 11 is 1.54. The van der Waals surface area contributed by atoms with Crippen molar-refractivity contribution >= 4 is 17.8 Å². The molecule has 1 N–H and O–H groups in total. The second-order valence-corrected chi connectivity index (χ2v) is 5.32. The number of allylic oxidation sites excluding steroid dienone is 2. The van der Waals surface area contributed by atoms with Crippen LogP contribution in [0.2, 0.25) is 0 Å². The highest BCUT2D eigenvalue weighted by molar-refractivity contribution is 7.96. The topological polar surface area (TPSA) is 24.4 Å². The van der Waals surface area contributed by atoms with Gasteiger partial charge < -0.3 is 0 Å². The van der Waals surface area contributed by atoms with E-state index in [-0.39, 0.29) is 0 Å². The van der Waals surface area contributed by atoms with Crippen LogP contribution in [0.15, 0.2) is 16.0 Å². The molecule has 0 saturated heterocycles. The van der Waals surface area contributed by atoms with Gasteiger partial charge in [0.2, 0.25) is 0 Å². The molecular weight excluding hydrogens is 216 g/mol. The molecule has 2 nitrogen and oxygen atoms in total. The minimum absolute atomic E-state index is 1.10. The van der Waals surface area contributed by atoms with Crippen molar-refractivity contribution in [1.29, 1.82) is 0 Å². The Balaban J connectivity index is 2.01. The smallest absolute Gasteiger partial charge is 0.0588 e. The summed E-state index contributed by atoms with van der Waals surface area (Å²) in [5, 5.41) is 0. The van der Waals surface area contributed by atoms with E-state index in [0.29, 0.717) is 0 Å². The summed E-state index contributed by atoms with van der Waals surface area (Å²) in [6.07, 6.45) is 14.2. The number of rotatable bonds is 1.